The zero-order chi connectivity index (χ0) is 45.3. The quantitative estimate of drug-likeness (QED) is 0.177. The minimum absolute atomic E-state index is 0.00690. The summed E-state index contributed by atoms with van der Waals surface area (Å²) in [6.07, 6.45) is 3.03. The summed E-state index contributed by atoms with van der Waals surface area (Å²) in [7, 11) is 0. The van der Waals surface area contributed by atoms with Gasteiger partial charge in [0, 0.05) is 54.7 Å². The number of aliphatic imine (C=N–C) groups is 2. The minimum Gasteiger partial charge on any atom is -0.456 e. The Bertz CT molecular complexity index is 4560. The molecular weight excluding hydrogens is 845 g/mol. The molecule has 0 radical (unpaired) electrons. The number of aromatic nitrogens is 2. The van der Waals surface area contributed by atoms with Crippen LogP contribution in [0.15, 0.2) is 225 Å². The molecule has 4 aromatic heterocycles. The van der Waals surface area contributed by atoms with E-state index in [1.807, 2.05) is 18.2 Å². The van der Waals surface area contributed by atoms with Crippen molar-refractivity contribution in [1.29, 1.82) is 0 Å². The Balaban J connectivity index is 1.06. The highest BCUT2D eigenvalue weighted by Gasteiger charge is 2.27. The molecule has 1 aliphatic heterocycles. The Hall–Kier alpha value is -9.00. The normalized spacial score (nSPS) is 15.6. The standard InChI is InChI=1S/C63H40N4O2/c1-37-26-31-50(64-62(41-27-29-46-45-20-8-12-24-55(45)69-58(46)36-41)65-63(37)67-51-22-10-6-18-43(51)44-19-7-11-23-52(44)67)47-30-33-57-60(48-21-9-13-25-56(48)68-57)61(47)66-53-32-28-38-14-4-5-17-42(38)59(53)49-34-39-15-2-3-16-40(39)35-54(49)66/h2-25,27-37H,26H2,1H3/b50-31+,64-62?,65-63?. The molecule has 6 nitrogen and oxygen atoms in total. The lowest BCUT2D eigenvalue weighted by atomic mass is 9.98. The summed E-state index contributed by atoms with van der Waals surface area (Å²) in [4.78, 5) is 11.5. The third-order valence-electron chi connectivity index (χ3n) is 14.5. The fraction of sp³-hybridized carbons (Fsp3) is 0.0476. The lowest BCUT2D eigenvalue weighted by Gasteiger charge is -2.22. The molecular formula is C63H40N4O2. The summed E-state index contributed by atoms with van der Waals surface area (Å²) in [5, 5.41) is 13.8. The number of rotatable bonds is 3. The van der Waals surface area contributed by atoms with Crippen molar-refractivity contribution in [1.82, 2.24) is 9.13 Å². The number of allylic oxidation sites excluding steroid dienone is 1. The molecule has 0 N–H and O–H groups in total. The average Bonchev–Trinajstić information content (AvgIpc) is 4.14. The number of amidine groups is 1. The number of benzene rings is 10. The van der Waals surface area contributed by atoms with E-state index in [4.69, 9.17) is 18.8 Å². The Morgan fingerprint density at radius 1 is 0.420 bits per heavy atom. The molecule has 15 rings (SSSR count). The van der Waals surface area contributed by atoms with E-state index in [-0.39, 0.29) is 5.92 Å². The fourth-order valence-electron chi connectivity index (χ4n) is 11.4. The maximum Gasteiger partial charge on any atom is 0.161 e. The number of hydrogen-bond donors (Lipinski definition) is 0. The van der Waals surface area contributed by atoms with Crippen molar-refractivity contribution in [2.24, 2.45) is 15.9 Å². The first-order valence-corrected chi connectivity index (χ1v) is 23.7. The Morgan fingerprint density at radius 2 is 1.04 bits per heavy atom. The highest BCUT2D eigenvalue weighted by molar-refractivity contribution is 6.25. The van der Waals surface area contributed by atoms with Gasteiger partial charge in [-0.1, -0.05) is 146 Å². The van der Waals surface area contributed by atoms with Crippen LogP contribution >= 0.6 is 0 Å². The van der Waals surface area contributed by atoms with E-state index in [1.54, 1.807) is 0 Å². The topological polar surface area (TPSA) is 60.9 Å². The minimum atomic E-state index is -0.00690. The molecule has 0 saturated heterocycles. The zero-order valence-corrected chi connectivity index (χ0v) is 37.5. The number of fused-ring (bicyclic) bond motifs is 15. The summed E-state index contributed by atoms with van der Waals surface area (Å²) in [6.45, 7) is 2.29. The zero-order valence-electron chi connectivity index (χ0n) is 37.5. The molecule has 1 unspecified atom stereocenters. The molecule has 1 atom stereocenters. The number of furan rings is 2. The monoisotopic (exact) mass is 884 g/mol. The fourth-order valence-corrected chi connectivity index (χ4v) is 11.4. The lowest BCUT2D eigenvalue weighted by molar-refractivity contribution is 0.668. The van der Waals surface area contributed by atoms with Gasteiger partial charge in [-0.05, 0) is 94.7 Å². The van der Waals surface area contributed by atoms with Crippen molar-refractivity contribution >= 4 is 126 Å². The van der Waals surface area contributed by atoms with E-state index < -0.39 is 0 Å². The van der Waals surface area contributed by atoms with Crippen LogP contribution in [-0.2, 0) is 0 Å². The maximum absolute atomic E-state index is 6.74. The highest BCUT2D eigenvalue weighted by Crippen LogP contribution is 2.45. The van der Waals surface area contributed by atoms with Crippen LogP contribution in [0.5, 0.6) is 0 Å². The maximum atomic E-state index is 6.74. The predicted molar refractivity (Wildman–Crippen MR) is 287 cm³/mol. The smallest absolute Gasteiger partial charge is 0.161 e. The SMILES string of the molecule is CC1C/C=C(\c2ccc3oc4ccccc4c3c2-n2c3cc4ccccc4cc3c3c4ccccc4ccc32)N=C(c2ccc3c(c2)oc2ccccc23)N=C1n1c2ccccc2c2ccccc21. The van der Waals surface area contributed by atoms with Crippen LogP contribution in [0.4, 0.5) is 0 Å². The Morgan fingerprint density at radius 3 is 1.83 bits per heavy atom. The molecule has 1 aliphatic rings. The van der Waals surface area contributed by atoms with Gasteiger partial charge in [-0.15, -0.1) is 0 Å². The van der Waals surface area contributed by atoms with E-state index in [1.165, 1.54) is 43.1 Å². The van der Waals surface area contributed by atoms with E-state index in [0.717, 1.165) is 94.3 Å². The first-order valence-electron chi connectivity index (χ1n) is 23.7. The van der Waals surface area contributed by atoms with Crippen molar-refractivity contribution in [3.63, 3.8) is 0 Å². The third-order valence-corrected chi connectivity index (χ3v) is 14.5. The number of hydrogen-bond acceptors (Lipinski definition) is 4. The van der Waals surface area contributed by atoms with Gasteiger partial charge in [-0.25, -0.2) is 9.98 Å². The van der Waals surface area contributed by atoms with Crippen LogP contribution in [-0.4, -0.2) is 20.8 Å². The van der Waals surface area contributed by atoms with E-state index in [0.29, 0.717) is 12.3 Å². The molecule has 5 heterocycles. The molecule has 0 aliphatic carbocycles. The van der Waals surface area contributed by atoms with Crippen molar-refractivity contribution in [3.8, 4) is 5.69 Å². The average molecular weight is 885 g/mol. The van der Waals surface area contributed by atoms with Gasteiger partial charge in [0.05, 0.1) is 38.8 Å². The first-order chi connectivity index (χ1) is 34.1. The highest BCUT2D eigenvalue weighted by atomic mass is 16.3. The van der Waals surface area contributed by atoms with E-state index in [9.17, 15) is 0 Å². The predicted octanol–water partition coefficient (Wildman–Crippen LogP) is 16.8. The van der Waals surface area contributed by atoms with E-state index >= 15 is 0 Å². The van der Waals surface area contributed by atoms with Crippen molar-refractivity contribution in [2.45, 2.75) is 13.3 Å². The van der Waals surface area contributed by atoms with Gasteiger partial charge in [0.25, 0.3) is 0 Å². The largest absolute Gasteiger partial charge is 0.456 e. The summed E-state index contributed by atoms with van der Waals surface area (Å²) in [5.74, 6) is 1.53. The first kappa shape index (κ1) is 38.1. The molecule has 14 aromatic rings. The number of nitrogens with zero attached hydrogens (tertiary/aromatic N) is 4. The third kappa shape index (κ3) is 5.60. The van der Waals surface area contributed by atoms with Gasteiger partial charge in [0.15, 0.2) is 5.84 Å². The van der Waals surface area contributed by atoms with Crippen LogP contribution in [0.25, 0.3) is 120 Å². The van der Waals surface area contributed by atoms with Crippen molar-refractivity contribution < 1.29 is 8.83 Å². The van der Waals surface area contributed by atoms with E-state index in [2.05, 4.69) is 204 Å². The van der Waals surface area contributed by atoms with Crippen molar-refractivity contribution in [3.05, 3.63) is 217 Å². The molecule has 324 valence electrons. The van der Waals surface area contributed by atoms with Crippen LogP contribution in [0.2, 0.25) is 0 Å². The Labute approximate surface area is 394 Å². The number of para-hydroxylation sites is 4. The Kier molecular flexibility index (Phi) is 8.01. The lowest BCUT2D eigenvalue weighted by Crippen LogP contribution is -2.23. The second kappa shape index (κ2) is 14.5. The second-order valence-corrected chi connectivity index (χ2v) is 18.5. The van der Waals surface area contributed by atoms with Crippen LogP contribution in [0, 0.1) is 5.92 Å². The summed E-state index contributed by atoms with van der Waals surface area (Å²) >= 11 is 0. The van der Waals surface area contributed by atoms with Gasteiger partial charge in [-0.3, -0.25) is 4.57 Å². The molecule has 69 heavy (non-hydrogen) atoms. The molecule has 10 aromatic carbocycles. The molecule has 6 heteroatoms. The van der Waals surface area contributed by atoms with Gasteiger partial charge in [-0.2, -0.15) is 0 Å². The van der Waals surface area contributed by atoms with Gasteiger partial charge < -0.3 is 13.4 Å². The molecule has 0 bridgehead atoms. The van der Waals surface area contributed by atoms with Crippen LogP contribution < -0.4 is 0 Å². The summed E-state index contributed by atoms with van der Waals surface area (Å²) in [5.41, 5.74) is 11.5. The summed E-state index contributed by atoms with van der Waals surface area (Å²) in [6, 6.07) is 71.4. The van der Waals surface area contributed by atoms with Crippen LogP contribution in [0.3, 0.4) is 0 Å². The molecule has 0 saturated carbocycles. The van der Waals surface area contributed by atoms with Gasteiger partial charge in [0.2, 0.25) is 0 Å². The van der Waals surface area contributed by atoms with Crippen molar-refractivity contribution in [2.75, 3.05) is 0 Å². The molecule has 0 fully saturated rings. The second-order valence-electron chi connectivity index (χ2n) is 18.5. The van der Waals surface area contributed by atoms with Crippen LogP contribution in [0.1, 0.15) is 24.5 Å². The van der Waals surface area contributed by atoms with Gasteiger partial charge in [0.1, 0.15) is 28.2 Å². The molecule has 0 spiro atoms. The van der Waals surface area contributed by atoms with Gasteiger partial charge >= 0.3 is 0 Å². The molecule has 0 amide bonds. The summed E-state index contributed by atoms with van der Waals surface area (Å²) < 4.78 is 18.1.